The van der Waals surface area contributed by atoms with Gasteiger partial charge in [0.15, 0.2) is 11.6 Å². The highest BCUT2D eigenvalue weighted by Crippen LogP contribution is 2.24. The van der Waals surface area contributed by atoms with Crippen molar-refractivity contribution in [1.82, 2.24) is 14.5 Å². The molecule has 0 radical (unpaired) electrons. The molecule has 2 aromatic rings. The van der Waals surface area contributed by atoms with E-state index in [0.29, 0.717) is 43.5 Å². The minimum Gasteiger partial charge on any atom is -0.455 e. The number of aliphatic hydroxyl groups excluding tert-OH is 1. The van der Waals surface area contributed by atoms with Gasteiger partial charge in [0.1, 0.15) is 12.4 Å². The number of methoxy groups -OCH3 is 1. The Morgan fingerprint density at radius 3 is 3.09 bits per heavy atom. The predicted octanol–water partition coefficient (Wildman–Crippen LogP) is 1.13. The second-order valence-corrected chi connectivity index (χ2v) is 5.73. The summed E-state index contributed by atoms with van der Waals surface area (Å²) in [6, 6.07) is 3.54. The van der Waals surface area contributed by atoms with E-state index >= 15 is 0 Å². The maximum absolute atomic E-state index is 12.0. The van der Waals surface area contributed by atoms with Crippen molar-refractivity contribution in [2.75, 3.05) is 26.8 Å². The van der Waals surface area contributed by atoms with Crippen LogP contribution >= 0.6 is 0 Å². The Morgan fingerprint density at radius 1 is 1.48 bits per heavy atom. The van der Waals surface area contributed by atoms with Crippen molar-refractivity contribution in [3.05, 3.63) is 30.3 Å². The van der Waals surface area contributed by atoms with Crippen molar-refractivity contribution in [2.24, 2.45) is 5.92 Å². The second kappa shape index (κ2) is 6.97. The van der Waals surface area contributed by atoms with Crippen LogP contribution in [-0.4, -0.2) is 52.3 Å². The van der Waals surface area contributed by atoms with Crippen LogP contribution < -0.4 is 0 Å². The molecule has 124 valence electrons. The first-order valence-electron chi connectivity index (χ1n) is 7.69. The lowest BCUT2D eigenvalue weighted by molar-refractivity contribution is -0.128. The fraction of sp³-hybridized carbons (Fsp3) is 0.500. The molecule has 0 unspecified atom stereocenters. The SMILES string of the molecule is COCCN1C[C@@H](Cn2ccnc2-c2ccc(CO)o2)CC1=O. The molecule has 1 N–H and O–H groups in total. The third-order valence-corrected chi connectivity index (χ3v) is 4.07. The first kappa shape index (κ1) is 15.8. The fourth-order valence-electron chi connectivity index (χ4n) is 2.94. The number of amides is 1. The van der Waals surface area contributed by atoms with E-state index in [-0.39, 0.29) is 18.4 Å². The highest BCUT2D eigenvalue weighted by atomic mass is 16.5. The minimum absolute atomic E-state index is 0.133. The standard InChI is InChI=1S/C16H21N3O4/c1-22-7-6-18-9-12(8-15(18)21)10-19-5-4-17-16(19)14-3-2-13(11-20)23-14/h2-5,12,20H,6-11H2,1H3/t12-/m0/s1. The van der Waals surface area contributed by atoms with E-state index in [0.717, 1.165) is 6.54 Å². The number of hydrogen-bond donors (Lipinski definition) is 1. The lowest BCUT2D eigenvalue weighted by atomic mass is 10.1. The van der Waals surface area contributed by atoms with Crippen LogP contribution in [0.4, 0.5) is 0 Å². The molecule has 0 aliphatic carbocycles. The normalized spacial score (nSPS) is 18.1. The number of likely N-dealkylation sites (tertiary alicyclic amines) is 1. The Labute approximate surface area is 134 Å². The Hall–Kier alpha value is -2.12. The molecule has 23 heavy (non-hydrogen) atoms. The van der Waals surface area contributed by atoms with Gasteiger partial charge in [-0.05, 0) is 12.1 Å². The lowest BCUT2D eigenvalue weighted by Gasteiger charge is -2.16. The molecule has 7 heteroatoms. The molecule has 0 saturated carbocycles. The molecule has 1 saturated heterocycles. The third kappa shape index (κ3) is 3.46. The molecule has 0 spiro atoms. The summed E-state index contributed by atoms with van der Waals surface area (Å²) in [6.45, 7) is 2.51. The molecule has 1 aliphatic rings. The van der Waals surface area contributed by atoms with E-state index in [4.69, 9.17) is 14.3 Å². The number of nitrogens with zero attached hydrogens (tertiary/aromatic N) is 3. The number of rotatable bonds is 7. The molecule has 2 aromatic heterocycles. The maximum Gasteiger partial charge on any atom is 0.223 e. The van der Waals surface area contributed by atoms with E-state index in [2.05, 4.69) is 4.98 Å². The van der Waals surface area contributed by atoms with Gasteiger partial charge in [0.25, 0.3) is 0 Å². The van der Waals surface area contributed by atoms with E-state index < -0.39 is 0 Å². The van der Waals surface area contributed by atoms with Crippen LogP contribution in [0, 0.1) is 5.92 Å². The summed E-state index contributed by atoms with van der Waals surface area (Å²) in [5.74, 6) is 2.28. The number of ether oxygens (including phenoxy) is 1. The number of aliphatic hydroxyl groups is 1. The van der Waals surface area contributed by atoms with Crippen LogP contribution in [0.5, 0.6) is 0 Å². The summed E-state index contributed by atoms with van der Waals surface area (Å²) in [4.78, 5) is 18.2. The van der Waals surface area contributed by atoms with Gasteiger partial charge in [-0.2, -0.15) is 0 Å². The number of hydrogen-bond acceptors (Lipinski definition) is 5. The molecule has 7 nitrogen and oxygen atoms in total. The summed E-state index contributed by atoms with van der Waals surface area (Å²) in [5, 5.41) is 9.10. The highest BCUT2D eigenvalue weighted by Gasteiger charge is 2.30. The Balaban J connectivity index is 1.68. The summed E-state index contributed by atoms with van der Waals surface area (Å²) in [6.07, 6.45) is 4.15. The summed E-state index contributed by atoms with van der Waals surface area (Å²) < 4.78 is 12.6. The topological polar surface area (TPSA) is 80.7 Å². The third-order valence-electron chi connectivity index (χ3n) is 4.07. The monoisotopic (exact) mass is 319 g/mol. The number of furan rings is 1. The van der Waals surface area contributed by atoms with E-state index in [1.807, 2.05) is 15.7 Å². The Bertz CT molecular complexity index is 664. The Morgan fingerprint density at radius 2 is 2.35 bits per heavy atom. The van der Waals surface area contributed by atoms with Crippen LogP contribution in [-0.2, 0) is 22.7 Å². The average molecular weight is 319 g/mol. The van der Waals surface area contributed by atoms with Crippen molar-refractivity contribution in [3.8, 4) is 11.6 Å². The maximum atomic E-state index is 12.0. The molecular weight excluding hydrogens is 298 g/mol. The van der Waals surface area contributed by atoms with E-state index in [1.165, 1.54) is 0 Å². The van der Waals surface area contributed by atoms with Crippen LogP contribution in [0.25, 0.3) is 11.6 Å². The first-order chi connectivity index (χ1) is 11.2. The molecule has 0 bridgehead atoms. The number of carbonyl (C=O) groups is 1. The van der Waals surface area contributed by atoms with Gasteiger partial charge in [-0.1, -0.05) is 0 Å². The summed E-state index contributed by atoms with van der Waals surface area (Å²) >= 11 is 0. The van der Waals surface area contributed by atoms with Gasteiger partial charge in [-0.3, -0.25) is 4.79 Å². The van der Waals surface area contributed by atoms with Gasteiger partial charge in [-0.25, -0.2) is 4.98 Å². The zero-order chi connectivity index (χ0) is 16.2. The van der Waals surface area contributed by atoms with Crippen molar-refractivity contribution >= 4 is 5.91 Å². The van der Waals surface area contributed by atoms with Crippen molar-refractivity contribution in [2.45, 2.75) is 19.6 Å². The number of carbonyl (C=O) groups excluding carboxylic acids is 1. The number of aromatic nitrogens is 2. The van der Waals surface area contributed by atoms with Gasteiger partial charge in [0.05, 0.1) is 6.61 Å². The Kier molecular flexibility index (Phi) is 4.78. The fourth-order valence-corrected chi connectivity index (χ4v) is 2.94. The number of imidazole rings is 1. The van der Waals surface area contributed by atoms with Crippen LogP contribution in [0.3, 0.4) is 0 Å². The van der Waals surface area contributed by atoms with Crippen LogP contribution in [0.2, 0.25) is 0 Å². The highest BCUT2D eigenvalue weighted by molar-refractivity contribution is 5.78. The van der Waals surface area contributed by atoms with Gasteiger partial charge < -0.3 is 23.7 Å². The molecule has 0 aromatic carbocycles. The van der Waals surface area contributed by atoms with Crippen molar-refractivity contribution < 1.29 is 19.1 Å². The zero-order valence-electron chi connectivity index (χ0n) is 13.1. The van der Waals surface area contributed by atoms with E-state index in [1.54, 1.807) is 25.4 Å². The quantitative estimate of drug-likeness (QED) is 0.827. The molecule has 1 aliphatic heterocycles. The van der Waals surface area contributed by atoms with Crippen LogP contribution in [0.1, 0.15) is 12.2 Å². The second-order valence-electron chi connectivity index (χ2n) is 5.73. The summed E-state index contributed by atoms with van der Waals surface area (Å²) in [7, 11) is 1.64. The largest absolute Gasteiger partial charge is 0.455 e. The molecule has 1 fully saturated rings. The zero-order valence-corrected chi connectivity index (χ0v) is 13.1. The van der Waals surface area contributed by atoms with E-state index in [9.17, 15) is 4.79 Å². The first-order valence-corrected chi connectivity index (χ1v) is 7.69. The average Bonchev–Trinajstić information content (AvgIpc) is 3.25. The minimum atomic E-state index is -0.133. The van der Waals surface area contributed by atoms with Crippen molar-refractivity contribution in [3.63, 3.8) is 0 Å². The van der Waals surface area contributed by atoms with Gasteiger partial charge in [0.2, 0.25) is 5.91 Å². The van der Waals surface area contributed by atoms with Crippen LogP contribution in [0.15, 0.2) is 28.9 Å². The smallest absolute Gasteiger partial charge is 0.223 e. The lowest BCUT2D eigenvalue weighted by Crippen LogP contribution is -2.29. The molecule has 3 rings (SSSR count). The molecule has 1 amide bonds. The van der Waals surface area contributed by atoms with Gasteiger partial charge in [0, 0.05) is 51.5 Å². The predicted molar refractivity (Wildman–Crippen MR) is 82.4 cm³/mol. The van der Waals surface area contributed by atoms with Crippen molar-refractivity contribution in [1.29, 1.82) is 0 Å². The van der Waals surface area contributed by atoms with Gasteiger partial charge >= 0.3 is 0 Å². The molecule has 1 atom stereocenters. The van der Waals surface area contributed by atoms with Gasteiger partial charge in [-0.15, -0.1) is 0 Å². The summed E-state index contributed by atoms with van der Waals surface area (Å²) in [5.41, 5.74) is 0. The molecule has 3 heterocycles. The molecular formula is C16H21N3O4.